The monoisotopic (exact) mass is 348 g/mol. The molecule has 4 rings (SSSR count). The van der Waals surface area contributed by atoms with Gasteiger partial charge in [-0.05, 0) is 18.6 Å². The van der Waals surface area contributed by atoms with Crippen molar-refractivity contribution in [2.45, 2.75) is 12.5 Å². The number of nitrogens with zero attached hydrogens (tertiary/aromatic N) is 4. The van der Waals surface area contributed by atoms with E-state index >= 15 is 0 Å². The van der Waals surface area contributed by atoms with Gasteiger partial charge in [0, 0.05) is 18.7 Å². The lowest BCUT2D eigenvalue weighted by molar-refractivity contribution is 0.0783. The molecule has 26 heavy (non-hydrogen) atoms. The maximum absolute atomic E-state index is 12.8. The van der Waals surface area contributed by atoms with Crippen LogP contribution in [0.25, 0.3) is 11.3 Å². The zero-order valence-corrected chi connectivity index (χ0v) is 14.6. The minimum absolute atomic E-state index is 0.00616. The first-order chi connectivity index (χ1) is 12.8. The smallest absolute Gasteiger partial charge is 0.257 e. The van der Waals surface area contributed by atoms with Crippen LogP contribution in [0.2, 0.25) is 0 Å². The lowest BCUT2D eigenvalue weighted by Crippen LogP contribution is -2.29. The number of carbonyl (C=O) groups excluding carboxylic acids is 1. The minimum atomic E-state index is -0.00616. The van der Waals surface area contributed by atoms with Gasteiger partial charge in [0.1, 0.15) is 11.4 Å². The average Bonchev–Trinajstić information content (AvgIpc) is 3.37. The highest BCUT2D eigenvalue weighted by Crippen LogP contribution is 2.27. The van der Waals surface area contributed by atoms with Crippen LogP contribution < -0.4 is 4.74 Å². The van der Waals surface area contributed by atoms with Crippen LogP contribution in [0.15, 0.2) is 60.8 Å². The molecule has 1 aliphatic heterocycles. The first-order valence-corrected chi connectivity index (χ1v) is 8.66. The van der Waals surface area contributed by atoms with E-state index in [1.54, 1.807) is 13.2 Å². The van der Waals surface area contributed by atoms with Crippen molar-refractivity contribution in [2.75, 3.05) is 20.2 Å². The van der Waals surface area contributed by atoms with Gasteiger partial charge in [0.05, 0.1) is 24.9 Å². The highest BCUT2D eigenvalue weighted by atomic mass is 16.5. The van der Waals surface area contributed by atoms with E-state index in [1.807, 2.05) is 64.3 Å². The van der Waals surface area contributed by atoms with Gasteiger partial charge < -0.3 is 9.64 Å². The minimum Gasteiger partial charge on any atom is -0.496 e. The number of benzene rings is 2. The molecule has 1 amide bonds. The van der Waals surface area contributed by atoms with Gasteiger partial charge in [-0.3, -0.25) is 4.79 Å². The van der Waals surface area contributed by atoms with E-state index in [9.17, 15) is 4.79 Å². The maximum Gasteiger partial charge on any atom is 0.257 e. The summed E-state index contributed by atoms with van der Waals surface area (Å²) in [5.74, 6) is 0.599. The summed E-state index contributed by atoms with van der Waals surface area (Å²) in [6.07, 6.45) is 2.82. The number of carbonyl (C=O) groups is 1. The van der Waals surface area contributed by atoms with Gasteiger partial charge in [0.15, 0.2) is 0 Å². The summed E-state index contributed by atoms with van der Waals surface area (Å²) in [6, 6.07) is 17.4. The summed E-state index contributed by atoms with van der Waals surface area (Å²) < 4.78 is 7.19. The Labute approximate surface area is 152 Å². The normalized spacial score (nSPS) is 16.7. The molecule has 1 aliphatic rings. The molecule has 0 bridgehead atoms. The van der Waals surface area contributed by atoms with Gasteiger partial charge in [-0.25, -0.2) is 4.68 Å². The Morgan fingerprint density at radius 1 is 1.12 bits per heavy atom. The number of amides is 1. The molecule has 0 N–H and O–H groups in total. The Bertz CT molecular complexity index is 907. The fourth-order valence-corrected chi connectivity index (χ4v) is 3.33. The van der Waals surface area contributed by atoms with Gasteiger partial charge in [-0.1, -0.05) is 47.7 Å². The number of methoxy groups -OCH3 is 1. The highest BCUT2D eigenvalue weighted by molar-refractivity contribution is 5.97. The van der Waals surface area contributed by atoms with E-state index in [-0.39, 0.29) is 11.9 Å². The Morgan fingerprint density at radius 2 is 1.88 bits per heavy atom. The molecular weight excluding hydrogens is 328 g/mol. The molecule has 0 spiro atoms. The molecule has 1 atom stereocenters. The van der Waals surface area contributed by atoms with E-state index in [1.165, 1.54) is 0 Å². The third-order valence-electron chi connectivity index (χ3n) is 4.74. The summed E-state index contributed by atoms with van der Waals surface area (Å²) in [5, 5.41) is 8.55. The fourth-order valence-electron chi connectivity index (χ4n) is 3.33. The van der Waals surface area contributed by atoms with Gasteiger partial charge in [0.2, 0.25) is 0 Å². The van der Waals surface area contributed by atoms with E-state index < -0.39 is 0 Å². The van der Waals surface area contributed by atoms with Crippen molar-refractivity contribution < 1.29 is 9.53 Å². The van der Waals surface area contributed by atoms with E-state index in [2.05, 4.69) is 10.3 Å². The predicted molar refractivity (Wildman–Crippen MR) is 98.0 cm³/mol. The van der Waals surface area contributed by atoms with E-state index in [0.29, 0.717) is 24.4 Å². The second-order valence-electron chi connectivity index (χ2n) is 6.34. The third-order valence-corrected chi connectivity index (χ3v) is 4.74. The zero-order valence-electron chi connectivity index (χ0n) is 14.6. The molecule has 6 heteroatoms. The summed E-state index contributed by atoms with van der Waals surface area (Å²) in [5.41, 5.74) is 2.48. The SMILES string of the molecule is COc1ccccc1C(=O)N1CC[C@H](n2cc(-c3ccccc3)nn2)C1. The lowest BCUT2D eigenvalue weighted by Gasteiger charge is -2.18. The third kappa shape index (κ3) is 3.06. The van der Waals surface area contributed by atoms with Crippen molar-refractivity contribution in [1.82, 2.24) is 19.9 Å². The molecule has 1 fully saturated rings. The van der Waals surface area contributed by atoms with Crippen LogP contribution in [0.1, 0.15) is 22.8 Å². The van der Waals surface area contributed by atoms with Crippen molar-refractivity contribution in [3.8, 4) is 17.0 Å². The number of ether oxygens (including phenoxy) is 1. The molecule has 2 aromatic carbocycles. The van der Waals surface area contributed by atoms with Crippen LogP contribution in [-0.2, 0) is 0 Å². The van der Waals surface area contributed by atoms with E-state index in [0.717, 1.165) is 17.7 Å². The molecule has 0 aliphatic carbocycles. The summed E-state index contributed by atoms with van der Waals surface area (Å²) in [7, 11) is 1.58. The van der Waals surface area contributed by atoms with Crippen LogP contribution in [0, 0.1) is 0 Å². The molecule has 132 valence electrons. The molecular formula is C20H20N4O2. The van der Waals surface area contributed by atoms with Crippen LogP contribution >= 0.6 is 0 Å². The standard InChI is InChI=1S/C20H20N4O2/c1-26-19-10-6-5-9-17(19)20(25)23-12-11-16(13-23)24-14-18(21-22-24)15-7-3-2-4-8-15/h2-10,14,16H,11-13H2,1H3/t16-/m0/s1. The quantitative estimate of drug-likeness (QED) is 0.727. The Balaban J connectivity index is 1.49. The Hall–Kier alpha value is -3.15. The Kier molecular flexibility index (Phi) is 4.39. The van der Waals surface area contributed by atoms with Crippen LogP contribution in [-0.4, -0.2) is 46.0 Å². The fraction of sp³-hybridized carbons (Fsp3) is 0.250. The van der Waals surface area contributed by atoms with Crippen molar-refractivity contribution in [3.63, 3.8) is 0 Å². The topological polar surface area (TPSA) is 60.2 Å². The molecule has 1 saturated heterocycles. The molecule has 3 aromatic rings. The molecule has 0 radical (unpaired) electrons. The first kappa shape index (κ1) is 16.3. The van der Waals surface area contributed by atoms with Crippen molar-refractivity contribution in [3.05, 3.63) is 66.4 Å². The maximum atomic E-state index is 12.8. The van der Waals surface area contributed by atoms with Crippen molar-refractivity contribution in [1.29, 1.82) is 0 Å². The molecule has 0 saturated carbocycles. The molecule has 0 unspecified atom stereocenters. The number of hydrogen-bond donors (Lipinski definition) is 0. The second kappa shape index (κ2) is 7.00. The molecule has 1 aromatic heterocycles. The number of rotatable bonds is 4. The second-order valence-corrected chi connectivity index (χ2v) is 6.34. The number of likely N-dealkylation sites (tertiary alicyclic amines) is 1. The largest absolute Gasteiger partial charge is 0.496 e. The summed E-state index contributed by atoms with van der Waals surface area (Å²) >= 11 is 0. The number of para-hydroxylation sites is 1. The van der Waals surface area contributed by atoms with Gasteiger partial charge in [0.25, 0.3) is 5.91 Å². The van der Waals surface area contributed by atoms with Crippen LogP contribution in [0.5, 0.6) is 5.75 Å². The first-order valence-electron chi connectivity index (χ1n) is 8.66. The van der Waals surface area contributed by atoms with Crippen LogP contribution in [0.3, 0.4) is 0 Å². The van der Waals surface area contributed by atoms with E-state index in [4.69, 9.17) is 4.74 Å². The van der Waals surface area contributed by atoms with Crippen LogP contribution in [0.4, 0.5) is 0 Å². The number of aromatic nitrogens is 3. The lowest BCUT2D eigenvalue weighted by atomic mass is 10.2. The van der Waals surface area contributed by atoms with Crippen molar-refractivity contribution in [2.24, 2.45) is 0 Å². The van der Waals surface area contributed by atoms with Gasteiger partial charge >= 0.3 is 0 Å². The average molecular weight is 348 g/mol. The zero-order chi connectivity index (χ0) is 17.9. The Morgan fingerprint density at radius 3 is 2.69 bits per heavy atom. The predicted octanol–water partition coefficient (Wildman–Crippen LogP) is 3.04. The van der Waals surface area contributed by atoms with Crippen molar-refractivity contribution >= 4 is 5.91 Å². The summed E-state index contributed by atoms with van der Waals surface area (Å²) in [4.78, 5) is 14.7. The molecule has 2 heterocycles. The summed E-state index contributed by atoms with van der Waals surface area (Å²) in [6.45, 7) is 1.32. The van der Waals surface area contributed by atoms with Gasteiger partial charge in [-0.15, -0.1) is 5.10 Å². The highest BCUT2D eigenvalue weighted by Gasteiger charge is 2.30. The number of hydrogen-bond acceptors (Lipinski definition) is 4. The molecule has 6 nitrogen and oxygen atoms in total. The van der Waals surface area contributed by atoms with Gasteiger partial charge in [-0.2, -0.15) is 0 Å².